The van der Waals surface area contributed by atoms with Crippen molar-refractivity contribution in [1.82, 2.24) is 19.6 Å². The number of piperidine rings is 1. The lowest BCUT2D eigenvalue weighted by Gasteiger charge is -2.36. The SMILES string of the molecule is CCCCCCCCCCC(O)CN(CCC1CCN(CCN(CC(O)CCCCCCCCCC)CC(O)CCCCCCCCCC)CC1)CCN(CC(O)CCCCCCCCCC)CC(O)CCCCCCCCCC. The quantitative estimate of drug-likeness (QED) is 0.0380. The number of rotatable bonds is 64. The van der Waals surface area contributed by atoms with Crippen molar-refractivity contribution in [3.8, 4) is 0 Å². The van der Waals surface area contributed by atoms with Crippen LogP contribution >= 0.6 is 0 Å². The van der Waals surface area contributed by atoms with E-state index in [1.807, 2.05) is 0 Å². The molecule has 1 aliphatic rings. The summed E-state index contributed by atoms with van der Waals surface area (Å²) in [5, 5.41) is 57.0. The molecule has 0 amide bonds. The standard InChI is InChI=1S/C71H146N4O5/c1-6-11-16-21-26-31-36-41-46-67(76)61-73(58-60-75(64-70(79)49-44-39-34-29-24-19-14-9-4)65-71(80)50-45-40-35-30-25-20-15-10-5)56-53-66-51-54-72(55-52-66)57-59-74(62-68(77)47-42-37-32-27-22-17-12-7-2)63-69(78)48-43-38-33-28-23-18-13-8-3/h66-71,76-80H,6-65H2,1-5H3. The Labute approximate surface area is 500 Å². The van der Waals surface area contributed by atoms with Gasteiger partial charge < -0.3 is 30.4 Å². The van der Waals surface area contributed by atoms with Gasteiger partial charge in [0.2, 0.25) is 0 Å². The van der Waals surface area contributed by atoms with Crippen LogP contribution in [-0.2, 0) is 0 Å². The highest BCUT2D eigenvalue weighted by atomic mass is 16.3. The fourth-order valence-electron chi connectivity index (χ4n) is 12.8. The van der Waals surface area contributed by atoms with E-state index in [4.69, 9.17) is 0 Å². The van der Waals surface area contributed by atoms with Gasteiger partial charge in [-0.25, -0.2) is 0 Å². The summed E-state index contributed by atoms with van der Waals surface area (Å²) in [4.78, 5) is 9.94. The van der Waals surface area contributed by atoms with Gasteiger partial charge in [0.05, 0.1) is 30.5 Å². The van der Waals surface area contributed by atoms with Crippen LogP contribution in [0.4, 0.5) is 0 Å². The van der Waals surface area contributed by atoms with Crippen molar-refractivity contribution in [2.45, 2.75) is 373 Å². The van der Waals surface area contributed by atoms with Crippen LogP contribution in [0.5, 0.6) is 0 Å². The highest BCUT2D eigenvalue weighted by Crippen LogP contribution is 2.23. The number of hydrogen-bond acceptors (Lipinski definition) is 9. The zero-order valence-electron chi connectivity index (χ0n) is 54.9. The van der Waals surface area contributed by atoms with Crippen LogP contribution in [0.15, 0.2) is 0 Å². The molecule has 1 rings (SSSR count). The molecule has 5 atom stereocenters. The minimum atomic E-state index is -0.377. The second-order valence-corrected chi connectivity index (χ2v) is 26.5. The molecule has 9 nitrogen and oxygen atoms in total. The molecular weight excluding hydrogens is 989 g/mol. The summed E-state index contributed by atoms with van der Waals surface area (Å²) in [7, 11) is 0. The third-order valence-corrected chi connectivity index (χ3v) is 18.3. The maximum atomic E-state index is 11.6. The number of aliphatic hydroxyl groups excluding tert-OH is 5. The van der Waals surface area contributed by atoms with E-state index in [2.05, 4.69) is 54.2 Å². The molecule has 1 aliphatic heterocycles. The van der Waals surface area contributed by atoms with E-state index in [1.54, 1.807) is 0 Å². The molecule has 5 N–H and O–H groups in total. The molecule has 0 saturated carbocycles. The van der Waals surface area contributed by atoms with E-state index in [9.17, 15) is 25.5 Å². The maximum Gasteiger partial charge on any atom is 0.0667 e. The maximum absolute atomic E-state index is 11.6. The van der Waals surface area contributed by atoms with Crippen LogP contribution in [-0.4, -0.2) is 154 Å². The average molecular weight is 1140 g/mol. The average Bonchev–Trinajstić information content (AvgIpc) is 3.44. The predicted molar refractivity (Wildman–Crippen MR) is 349 cm³/mol. The van der Waals surface area contributed by atoms with Gasteiger partial charge in [0.25, 0.3) is 0 Å². The largest absolute Gasteiger partial charge is 0.392 e. The molecule has 5 unspecified atom stereocenters. The zero-order chi connectivity index (χ0) is 58.2. The summed E-state index contributed by atoms with van der Waals surface area (Å²) in [6.07, 6.45) is 57.0. The van der Waals surface area contributed by atoms with Gasteiger partial charge in [-0.15, -0.1) is 0 Å². The molecule has 0 spiro atoms. The molecule has 0 aliphatic carbocycles. The highest BCUT2D eigenvalue weighted by Gasteiger charge is 2.24. The highest BCUT2D eigenvalue weighted by molar-refractivity contribution is 4.79. The van der Waals surface area contributed by atoms with Crippen molar-refractivity contribution in [2.75, 3.05) is 78.5 Å². The molecule has 0 radical (unpaired) electrons. The molecule has 1 saturated heterocycles. The lowest BCUT2D eigenvalue weighted by Crippen LogP contribution is -2.45. The summed E-state index contributed by atoms with van der Waals surface area (Å²) < 4.78 is 0. The van der Waals surface area contributed by atoms with Crippen molar-refractivity contribution in [2.24, 2.45) is 5.92 Å². The second kappa shape index (κ2) is 59.0. The molecular formula is C71H146N4O5. The predicted octanol–water partition coefficient (Wildman–Crippen LogP) is 17.5. The number of hydrogen-bond donors (Lipinski definition) is 5. The van der Waals surface area contributed by atoms with E-state index in [0.717, 1.165) is 116 Å². The van der Waals surface area contributed by atoms with Gasteiger partial charge in [-0.05, 0) is 76.9 Å². The zero-order valence-corrected chi connectivity index (χ0v) is 54.9. The van der Waals surface area contributed by atoms with Gasteiger partial charge in [0, 0.05) is 58.9 Å². The first-order chi connectivity index (χ1) is 39.1. The fraction of sp³-hybridized carbons (Fsp3) is 1.00. The van der Waals surface area contributed by atoms with E-state index >= 15 is 0 Å². The normalized spacial score (nSPS) is 15.7. The number of nitrogens with zero attached hydrogens (tertiary/aromatic N) is 4. The molecule has 480 valence electrons. The lowest BCUT2D eigenvalue weighted by atomic mass is 9.93. The molecule has 0 bridgehead atoms. The van der Waals surface area contributed by atoms with Crippen LogP contribution in [0.25, 0.3) is 0 Å². The molecule has 0 aromatic heterocycles. The van der Waals surface area contributed by atoms with Crippen molar-refractivity contribution < 1.29 is 25.5 Å². The van der Waals surface area contributed by atoms with E-state index in [-0.39, 0.29) is 30.5 Å². The number of aliphatic hydroxyl groups is 5. The molecule has 9 heteroatoms. The van der Waals surface area contributed by atoms with Gasteiger partial charge in [-0.1, -0.05) is 291 Å². The molecule has 80 heavy (non-hydrogen) atoms. The Morgan fingerprint density at radius 2 is 0.512 bits per heavy atom. The summed E-state index contributed by atoms with van der Waals surface area (Å²) in [5.41, 5.74) is 0. The smallest absolute Gasteiger partial charge is 0.0667 e. The Bertz CT molecular complexity index is 1150. The van der Waals surface area contributed by atoms with Crippen LogP contribution in [0.2, 0.25) is 0 Å². The Hall–Kier alpha value is -0.360. The first-order valence-corrected chi connectivity index (χ1v) is 36.4. The monoisotopic (exact) mass is 1140 g/mol. The van der Waals surface area contributed by atoms with Crippen molar-refractivity contribution in [3.63, 3.8) is 0 Å². The molecule has 0 aromatic rings. The summed E-state index contributed by atoms with van der Waals surface area (Å²) in [5.74, 6) is 0.662. The summed E-state index contributed by atoms with van der Waals surface area (Å²) >= 11 is 0. The number of unbranched alkanes of at least 4 members (excludes halogenated alkanes) is 35. The minimum Gasteiger partial charge on any atom is -0.392 e. The van der Waals surface area contributed by atoms with Crippen LogP contribution in [0.1, 0.15) is 343 Å². The third-order valence-electron chi connectivity index (χ3n) is 18.3. The Kier molecular flexibility index (Phi) is 57.3. The molecule has 1 heterocycles. The topological polar surface area (TPSA) is 114 Å². The van der Waals surface area contributed by atoms with Gasteiger partial charge in [0.15, 0.2) is 0 Å². The molecule has 1 fully saturated rings. The summed E-state index contributed by atoms with van der Waals surface area (Å²) in [6.45, 7) is 21.4. The summed E-state index contributed by atoms with van der Waals surface area (Å²) in [6, 6.07) is 0. The van der Waals surface area contributed by atoms with Gasteiger partial charge in [0.1, 0.15) is 0 Å². The van der Waals surface area contributed by atoms with Crippen LogP contribution < -0.4 is 0 Å². The van der Waals surface area contributed by atoms with Gasteiger partial charge in [-0.2, -0.15) is 0 Å². The Morgan fingerprint density at radius 1 is 0.287 bits per heavy atom. The minimum absolute atomic E-state index is 0.328. The van der Waals surface area contributed by atoms with Crippen molar-refractivity contribution >= 4 is 0 Å². The van der Waals surface area contributed by atoms with Crippen LogP contribution in [0, 0.1) is 5.92 Å². The Morgan fingerprint density at radius 3 is 0.787 bits per heavy atom. The third kappa shape index (κ3) is 50.9. The second-order valence-electron chi connectivity index (χ2n) is 26.5. The first kappa shape index (κ1) is 77.7. The van der Waals surface area contributed by atoms with Crippen molar-refractivity contribution in [3.05, 3.63) is 0 Å². The van der Waals surface area contributed by atoms with Gasteiger partial charge in [-0.3, -0.25) is 14.7 Å². The van der Waals surface area contributed by atoms with Gasteiger partial charge >= 0.3 is 0 Å². The lowest BCUT2D eigenvalue weighted by molar-refractivity contribution is 0.0455. The van der Waals surface area contributed by atoms with E-state index in [0.29, 0.717) is 38.6 Å². The Balaban J connectivity index is 2.94. The fourth-order valence-corrected chi connectivity index (χ4v) is 12.8. The number of likely N-dealkylation sites (tertiary alicyclic amines) is 1. The van der Waals surface area contributed by atoms with E-state index in [1.165, 1.54) is 238 Å². The molecule has 0 aromatic carbocycles. The van der Waals surface area contributed by atoms with Crippen LogP contribution in [0.3, 0.4) is 0 Å². The first-order valence-electron chi connectivity index (χ1n) is 36.4. The van der Waals surface area contributed by atoms with E-state index < -0.39 is 0 Å². The van der Waals surface area contributed by atoms with Crippen molar-refractivity contribution in [1.29, 1.82) is 0 Å².